The summed E-state index contributed by atoms with van der Waals surface area (Å²) in [4.78, 5) is 21.5. The van der Waals surface area contributed by atoms with Gasteiger partial charge in [-0.25, -0.2) is 9.97 Å². The number of methoxy groups -OCH3 is 2. The van der Waals surface area contributed by atoms with Gasteiger partial charge in [-0.2, -0.15) is 5.10 Å². The molecule has 40 heavy (non-hydrogen) atoms. The third-order valence-electron chi connectivity index (χ3n) is 6.16. The fraction of sp³-hybridized carbons (Fsp3) is 0.103. The van der Waals surface area contributed by atoms with Gasteiger partial charge in [0.1, 0.15) is 17.3 Å². The van der Waals surface area contributed by atoms with Crippen LogP contribution >= 0.6 is 23.2 Å². The van der Waals surface area contributed by atoms with Crippen LogP contribution < -0.4 is 20.1 Å². The molecule has 0 aliphatic rings. The number of benzene rings is 2. The molecule has 202 valence electrons. The zero-order valence-corrected chi connectivity index (χ0v) is 23.3. The third-order valence-corrected chi connectivity index (χ3v) is 6.91. The SMILES string of the molecule is C=CC(=O)Nc1ccccc1Nc1cc2c(-c3cnn(C)c3)nc(-c3c(Cl)c(OC)cc(OC)c3Cl)cc2cn1. The Morgan fingerprint density at radius 3 is 2.35 bits per heavy atom. The van der Waals surface area contributed by atoms with Crippen molar-refractivity contribution >= 4 is 57.1 Å². The molecule has 0 aliphatic heterocycles. The lowest BCUT2D eigenvalue weighted by Crippen LogP contribution is -2.09. The minimum atomic E-state index is -0.317. The van der Waals surface area contributed by atoms with Gasteiger partial charge in [-0.05, 0) is 30.3 Å². The van der Waals surface area contributed by atoms with Crippen LogP contribution in [-0.4, -0.2) is 39.9 Å². The van der Waals surface area contributed by atoms with Crippen molar-refractivity contribution < 1.29 is 14.3 Å². The van der Waals surface area contributed by atoms with Crippen LogP contribution in [0.15, 0.2) is 73.7 Å². The number of hydrogen-bond donors (Lipinski definition) is 2. The zero-order chi connectivity index (χ0) is 28.4. The van der Waals surface area contributed by atoms with Gasteiger partial charge in [-0.3, -0.25) is 9.48 Å². The van der Waals surface area contributed by atoms with Crippen LogP contribution in [0.5, 0.6) is 11.5 Å². The summed E-state index contributed by atoms with van der Waals surface area (Å²) < 4.78 is 12.6. The minimum absolute atomic E-state index is 0.307. The van der Waals surface area contributed by atoms with Crippen LogP contribution in [0.2, 0.25) is 10.0 Å². The zero-order valence-electron chi connectivity index (χ0n) is 21.8. The van der Waals surface area contributed by atoms with Crippen molar-refractivity contribution in [1.29, 1.82) is 0 Å². The second kappa shape index (κ2) is 11.3. The molecule has 3 heterocycles. The van der Waals surface area contributed by atoms with E-state index in [0.29, 0.717) is 55.7 Å². The molecule has 0 spiro atoms. The van der Waals surface area contributed by atoms with E-state index in [0.717, 1.165) is 16.3 Å². The molecule has 9 nitrogen and oxygen atoms in total. The van der Waals surface area contributed by atoms with Gasteiger partial charge in [0.05, 0.1) is 53.2 Å². The molecule has 0 radical (unpaired) electrons. The number of fused-ring (bicyclic) bond motifs is 1. The Bertz CT molecular complexity index is 1740. The highest BCUT2D eigenvalue weighted by Crippen LogP contribution is 2.46. The van der Waals surface area contributed by atoms with Gasteiger partial charge in [-0.15, -0.1) is 0 Å². The van der Waals surface area contributed by atoms with Crippen molar-refractivity contribution in [3.05, 3.63) is 83.8 Å². The van der Waals surface area contributed by atoms with E-state index in [4.69, 9.17) is 37.7 Å². The van der Waals surface area contributed by atoms with E-state index in [9.17, 15) is 4.79 Å². The Kier molecular flexibility index (Phi) is 7.59. The molecule has 11 heteroatoms. The van der Waals surface area contributed by atoms with Gasteiger partial charge in [0.15, 0.2) is 0 Å². The summed E-state index contributed by atoms with van der Waals surface area (Å²) in [5.41, 5.74) is 3.67. The first kappa shape index (κ1) is 27.0. The molecule has 0 saturated heterocycles. The lowest BCUT2D eigenvalue weighted by molar-refractivity contribution is -0.111. The highest BCUT2D eigenvalue weighted by Gasteiger charge is 2.22. The Morgan fingerprint density at radius 2 is 1.73 bits per heavy atom. The number of carbonyl (C=O) groups excluding carboxylic acids is 1. The molecular weight excluding hydrogens is 551 g/mol. The van der Waals surface area contributed by atoms with E-state index in [1.54, 1.807) is 29.2 Å². The predicted octanol–water partition coefficient (Wildman–Crippen LogP) is 6.89. The van der Waals surface area contributed by atoms with Crippen LogP contribution in [0, 0.1) is 0 Å². The van der Waals surface area contributed by atoms with Gasteiger partial charge in [0, 0.05) is 47.4 Å². The first-order valence-corrected chi connectivity index (χ1v) is 12.8. The summed E-state index contributed by atoms with van der Waals surface area (Å²) in [7, 11) is 4.87. The molecule has 5 aromatic rings. The van der Waals surface area contributed by atoms with Crippen molar-refractivity contribution in [2.45, 2.75) is 0 Å². The summed E-state index contributed by atoms with van der Waals surface area (Å²) in [6.45, 7) is 3.51. The quantitative estimate of drug-likeness (QED) is 0.194. The van der Waals surface area contributed by atoms with E-state index in [-0.39, 0.29) is 5.91 Å². The molecular formula is C29H24Cl2N6O3. The number of aromatic nitrogens is 4. The number of amides is 1. The van der Waals surface area contributed by atoms with Crippen LogP contribution in [-0.2, 0) is 11.8 Å². The number of hydrogen-bond acceptors (Lipinski definition) is 7. The molecule has 0 saturated carbocycles. The number of nitrogens with zero attached hydrogens (tertiary/aromatic N) is 4. The first-order valence-electron chi connectivity index (χ1n) is 12.0. The van der Waals surface area contributed by atoms with E-state index < -0.39 is 0 Å². The topological polar surface area (TPSA) is 103 Å². The van der Waals surface area contributed by atoms with Crippen molar-refractivity contribution in [3.8, 4) is 34.0 Å². The van der Waals surface area contributed by atoms with Crippen LogP contribution in [0.3, 0.4) is 0 Å². The first-order chi connectivity index (χ1) is 19.3. The van der Waals surface area contributed by atoms with Gasteiger partial charge >= 0.3 is 0 Å². The Hall–Kier alpha value is -4.60. The summed E-state index contributed by atoms with van der Waals surface area (Å²) in [6, 6.07) is 12.7. The average Bonchev–Trinajstić information content (AvgIpc) is 3.40. The second-order valence-electron chi connectivity index (χ2n) is 8.70. The summed E-state index contributed by atoms with van der Waals surface area (Å²) in [5, 5.41) is 12.6. The maximum atomic E-state index is 11.9. The number of halogens is 2. The number of ether oxygens (including phenoxy) is 2. The van der Waals surface area contributed by atoms with Crippen molar-refractivity contribution in [3.63, 3.8) is 0 Å². The van der Waals surface area contributed by atoms with Crippen LogP contribution in [0.1, 0.15) is 0 Å². The van der Waals surface area contributed by atoms with E-state index in [1.807, 2.05) is 43.6 Å². The molecule has 0 bridgehead atoms. The largest absolute Gasteiger partial charge is 0.495 e. The smallest absolute Gasteiger partial charge is 0.247 e. The Labute approximate surface area is 240 Å². The van der Waals surface area contributed by atoms with E-state index in [2.05, 4.69) is 27.3 Å². The van der Waals surface area contributed by atoms with Crippen LogP contribution in [0.25, 0.3) is 33.3 Å². The van der Waals surface area contributed by atoms with Gasteiger partial charge in [-0.1, -0.05) is 41.9 Å². The van der Waals surface area contributed by atoms with Gasteiger partial charge in [0.2, 0.25) is 5.91 Å². The third kappa shape index (κ3) is 5.16. The molecule has 2 N–H and O–H groups in total. The number of carbonyl (C=O) groups is 1. The maximum absolute atomic E-state index is 11.9. The normalized spacial score (nSPS) is 10.8. The lowest BCUT2D eigenvalue weighted by Gasteiger charge is -2.16. The van der Waals surface area contributed by atoms with E-state index >= 15 is 0 Å². The fourth-order valence-corrected chi connectivity index (χ4v) is 4.93. The fourth-order valence-electron chi connectivity index (χ4n) is 4.24. The lowest BCUT2D eigenvalue weighted by atomic mass is 10.0. The number of pyridine rings is 2. The van der Waals surface area contributed by atoms with Crippen molar-refractivity contribution in [1.82, 2.24) is 19.7 Å². The minimum Gasteiger partial charge on any atom is -0.495 e. The highest BCUT2D eigenvalue weighted by atomic mass is 35.5. The number of aryl methyl sites for hydroxylation is 1. The number of para-hydroxylation sites is 2. The van der Waals surface area contributed by atoms with Gasteiger partial charge in [0.25, 0.3) is 0 Å². The Morgan fingerprint density at radius 1 is 1.02 bits per heavy atom. The summed E-state index contributed by atoms with van der Waals surface area (Å²) >= 11 is 13.4. The molecule has 1 amide bonds. The second-order valence-corrected chi connectivity index (χ2v) is 9.45. The molecule has 2 aromatic carbocycles. The number of nitrogens with one attached hydrogen (secondary N) is 2. The maximum Gasteiger partial charge on any atom is 0.247 e. The average molecular weight is 575 g/mol. The van der Waals surface area contributed by atoms with Crippen molar-refractivity contribution in [2.75, 3.05) is 24.9 Å². The standard InChI is InChI=1S/C29H24Cl2N6O3/c1-5-25(38)35-20-9-7-6-8-19(20)34-24-11-18-16(13-32-24)10-21(36-29(18)17-14-33-37(2)15-17)26-27(30)22(39-3)12-23(40-4)28(26)31/h5-15H,1H2,2-4H3,(H,32,34)(H,35,38). The van der Waals surface area contributed by atoms with Gasteiger partial charge < -0.3 is 20.1 Å². The number of rotatable bonds is 8. The van der Waals surface area contributed by atoms with E-state index in [1.165, 1.54) is 20.3 Å². The molecule has 3 aromatic heterocycles. The van der Waals surface area contributed by atoms with Crippen LogP contribution in [0.4, 0.5) is 17.2 Å². The molecule has 0 fully saturated rings. The monoisotopic (exact) mass is 574 g/mol. The molecule has 0 unspecified atom stereocenters. The highest BCUT2D eigenvalue weighted by molar-refractivity contribution is 6.41. The van der Waals surface area contributed by atoms with Crippen molar-refractivity contribution in [2.24, 2.45) is 7.05 Å². The molecule has 5 rings (SSSR count). The summed E-state index contributed by atoms with van der Waals surface area (Å²) in [5.74, 6) is 1.04. The summed E-state index contributed by atoms with van der Waals surface area (Å²) in [6.07, 6.45) is 6.54. The Balaban J connectivity index is 1.68. The predicted molar refractivity (Wildman–Crippen MR) is 159 cm³/mol. The molecule has 0 atom stereocenters. The number of anilines is 3. The molecule has 0 aliphatic carbocycles.